The van der Waals surface area contributed by atoms with Crippen LogP contribution in [0.15, 0.2) is 36.9 Å². The number of nitrogens with one attached hydrogen (secondary N) is 1. The van der Waals surface area contributed by atoms with Crippen LogP contribution in [0.1, 0.15) is 24.0 Å². The molecular formula is C14H21NO. The summed E-state index contributed by atoms with van der Waals surface area (Å²) in [6, 6.07) is 8.53. The van der Waals surface area contributed by atoms with Crippen LogP contribution in [0.25, 0.3) is 0 Å². The highest BCUT2D eigenvalue weighted by Gasteiger charge is 1.94. The summed E-state index contributed by atoms with van der Waals surface area (Å²) in [5.41, 5.74) is 2.54. The Morgan fingerprint density at radius 3 is 2.56 bits per heavy atom. The lowest BCUT2D eigenvalue weighted by molar-refractivity contribution is 0.119. The summed E-state index contributed by atoms with van der Waals surface area (Å²) in [7, 11) is 1.95. The highest BCUT2D eigenvalue weighted by Crippen LogP contribution is 2.06. The standard InChI is InChI=1S/C14H21NO/c1-3-4-5-10-16-12-14-8-6-13(7-9-14)11-15-2/h3,6-9,15H,1,4-5,10-12H2,2H3. The predicted octanol–water partition coefficient (Wildman–Crippen LogP) is 2.89. The second-order valence-corrected chi connectivity index (χ2v) is 3.83. The van der Waals surface area contributed by atoms with Gasteiger partial charge in [0.25, 0.3) is 0 Å². The van der Waals surface area contributed by atoms with E-state index in [1.54, 1.807) is 0 Å². The third-order valence-electron chi connectivity index (χ3n) is 2.37. The van der Waals surface area contributed by atoms with E-state index in [9.17, 15) is 0 Å². The Balaban J connectivity index is 2.23. The minimum absolute atomic E-state index is 0.705. The van der Waals surface area contributed by atoms with Crippen LogP contribution in [0.3, 0.4) is 0 Å². The van der Waals surface area contributed by atoms with Crippen molar-refractivity contribution >= 4 is 0 Å². The first-order chi connectivity index (χ1) is 7.86. The molecule has 1 N–H and O–H groups in total. The van der Waals surface area contributed by atoms with Gasteiger partial charge in [-0.25, -0.2) is 0 Å². The second-order valence-electron chi connectivity index (χ2n) is 3.83. The lowest BCUT2D eigenvalue weighted by Crippen LogP contribution is -2.04. The van der Waals surface area contributed by atoms with Crippen LogP contribution < -0.4 is 5.32 Å². The molecule has 0 amide bonds. The monoisotopic (exact) mass is 219 g/mol. The molecule has 0 fully saturated rings. The zero-order valence-corrected chi connectivity index (χ0v) is 10.0. The van der Waals surface area contributed by atoms with E-state index in [4.69, 9.17) is 4.74 Å². The maximum atomic E-state index is 5.56. The molecule has 0 saturated heterocycles. The molecule has 0 bridgehead atoms. The van der Waals surface area contributed by atoms with Gasteiger partial charge in [0.15, 0.2) is 0 Å². The lowest BCUT2D eigenvalue weighted by Gasteiger charge is -2.05. The van der Waals surface area contributed by atoms with Crippen molar-refractivity contribution in [2.24, 2.45) is 0 Å². The van der Waals surface area contributed by atoms with Crippen LogP contribution in [0, 0.1) is 0 Å². The van der Waals surface area contributed by atoms with Crippen LogP contribution in [-0.4, -0.2) is 13.7 Å². The first-order valence-electron chi connectivity index (χ1n) is 5.78. The molecule has 0 radical (unpaired) electrons. The van der Waals surface area contributed by atoms with Crippen molar-refractivity contribution in [3.63, 3.8) is 0 Å². The van der Waals surface area contributed by atoms with Gasteiger partial charge in [0, 0.05) is 13.2 Å². The van der Waals surface area contributed by atoms with E-state index >= 15 is 0 Å². The van der Waals surface area contributed by atoms with E-state index in [1.807, 2.05) is 13.1 Å². The van der Waals surface area contributed by atoms with E-state index in [2.05, 4.69) is 36.2 Å². The molecule has 0 unspecified atom stereocenters. The van der Waals surface area contributed by atoms with E-state index in [-0.39, 0.29) is 0 Å². The van der Waals surface area contributed by atoms with Gasteiger partial charge in [0.05, 0.1) is 6.61 Å². The van der Waals surface area contributed by atoms with Crippen molar-refractivity contribution in [2.75, 3.05) is 13.7 Å². The fourth-order valence-corrected chi connectivity index (χ4v) is 1.48. The molecule has 2 nitrogen and oxygen atoms in total. The molecule has 0 aliphatic carbocycles. The Labute approximate surface area is 98.3 Å². The zero-order valence-electron chi connectivity index (χ0n) is 10.0. The van der Waals surface area contributed by atoms with Crippen LogP contribution in [-0.2, 0) is 17.9 Å². The van der Waals surface area contributed by atoms with Gasteiger partial charge in [0.2, 0.25) is 0 Å². The summed E-state index contributed by atoms with van der Waals surface area (Å²) < 4.78 is 5.56. The SMILES string of the molecule is C=CCCCOCc1ccc(CNC)cc1. The normalized spacial score (nSPS) is 10.3. The van der Waals surface area contributed by atoms with Gasteiger partial charge >= 0.3 is 0 Å². The molecule has 0 heterocycles. The average molecular weight is 219 g/mol. The quantitative estimate of drug-likeness (QED) is 0.536. The molecule has 0 spiro atoms. The molecule has 16 heavy (non-hydrogen) atoms. The summed E-state index contributed by atoms with van der Waals surface area (Å²) in [6.07, 6.45) is 4.01. The van der Waals surface area contributed by atoms with Gasteiger partial charge in [-0.2, -0.15) is 0 Å². The smallest absolute Gasteiger partial charge is 0.0716 e. The molecule has 0 aliphatic rings. The van der Waals surface area contributed by atoms with Crippen molar-refractivity contribution in [2.45, 2.75) is 26.0 Å². The number of benzene rings is 1. The van der Waals surface area contributed by atoms with E-state index < -0.39 is 0 Å². The second kappa shape index (κ2) is 8.08. The third kappa shape index (κ3) is 5.10. The van der Waals surface area contributed by atoms with Crippen molar-refractivity contribution in [1.29, 1.82) is 0 Å². The van der Waals surface area contributed by atoms with Crippen molar-refractivity contribution < 1.29 is 4.74 Å². The molecule has 1 rings (SSSR count). The van der Waals surface area contributed by atoms with E-state index in [1.165, 1.54) is 11.1 Å². The predicted molar refractivity (Wildman–Crippen MR) is 68.3 cm³/mol. The molecule has 88 valence electrons. The highest BCUT2D eigenvalue weighted by molar-refractivity contribution is 5.21. The fraction of sp³-hybridized carbons (Fsp3) is 0.429. The summed E-state index contributed by atoms with van der Waals surface area (Å²) in [5, 5.41) is 3.13. The summed E-state index contributed by atoms with van der Waals surface area (Å²) in [5.74, 6) is 0. The van der Waals surface area contributed by atoms with Crippen molar-refractivity contribution in [3.05, 3.63) is 48.0 Å². The van der Waals surface area contributed by atoms with E-state index in [0.29, 0.717) is 6.61 Å². The summed E-state index contributed by atoms with van der Waals surface area (Å²) in [6.45, 7) is 6.11. The van der Waals surface area contributed by atoms with Gasteiger partial charge in [-0.1, -0.05) is 30.3 Å². The number of allylic oxidation sites excluding steroid dienone is 1. The number of ether oxygens (including phenoxy) is 1. The lowest BCUT2D eigenvalue weighted by atomic mass is 10.1. The zero-order chi connectivity index (χ0) is 11.6. The van der Waals surface area contributed by atoms with Gasteiger partial charge in [0.1, 0.15) is 0 Å². The summed E-state index contributed by atoms with van der Waals surface area (Å²) in [4.78, 5) is 0. The topological polar surface area (TPSA) is 21.3 Å². The Morgan fingerprint density at radius 1 is 1.25 bits per heavy atom. The maximum absolute atomic E-state index is 5.56. The molecule has 1 aromatic rings. The van der Waals surface area contributed by atoms with Crippen molar-refractivity contribution in [1.82, 2.24) is 5.32 Å². The molecule has 2 heteroatoms. The number of hydrogen-bond donors (Lipinski definition) is 1. The number of unbranched alkanes of at least 4 members (excludes halogenated alkanes) is 1. The largest absolute Gasteiger partial charge is 0.377 e. The first kappa shape index (κ1) is 12.9. The minimum Gasteiger partial charge on any atom is -0.377 e. The molecule has 1 aromatic carbocycles. The molecule has 0 aliphatic heterocycles. The Bertz CT molecular complexity index is 292. The Hall–Kier alpha value is -1.12. The molecule has 0 atom stereocenters. The summed E-state index contributed by atoms with van der Waals surface area (Å²) >= 11 is 0. The highest BCUT2D eigenvalue weighted by atomic mass is 16.5. The number of rotatable bonds is 8. The maximum Gasteiger partial charge on any atom is 0.0716 e. The van der Waals surface area contributed by atoms with Gasteiger partial charge < -0.3 is 10.1 Å². The fourth-order valence-electron chi connectivity index (χ4n) is 1.48. The molecular weight excluding hydrogens is 198 g/mol. The Kier molecular flexibility index (Phi) is 6.54. The van der Waals surface area contributed by atoms with E-state index in [0.717, 1.165) is 26.0 Å². The third-order valence-corrected chi connectivity index (χ3v) is 2.37. The number of hydrogen-bond acceptors (Lipinski definition) is 2. The van der Waals surface area contributed by atoms with Crippen LogP contribution in [0.4, 0.5) is 0 Å². The van der Waals surface area contributed by atoms with Crippen LogP contribution in [0.5, 0.6) is 0 Å². The Morgan fingerprint density at radius 2 is 1.94 bits per heavy atom. The van der Waals surface area contributed by atoms with Crippen LogP contribution in [0.2, 0.25) is 0 Å². The average Bonchev–Trinajstić information content (AvgIpc) is 2.31. The van der Waals surface area contributed by atoms with Gasteiger partial charge in [-0.05, 0) is 31.0 Å². The van der Waals surface area contributed by atoms with Crippen molar-refractivity contribution in [3.8, 4) is 0 Å². The van der Waals surface area contributed by atoms with Crippen LogP contribution >= 0.6 is 0 Å². The van der Waals surface area contributed by atoms with Gasteiger partial charge in [-0.15, -0.1) is 6.58 Å². The molecule has 0 saturated carbocycles. The van der Waals surface area contributed by atoms with Gasteiger partial charge in [-0.3, -0.25) is 0 Å². The first-order valence-corrected chi connectivity index (χ1v) is 5.78. The molecule has 0 aromatic heterocycles. The minimum atomic E-state index is 0.705.